The number of benzene rings is 1. The minimum Gasteiger partial charge on any atom is -0.333 e. The lowest BCUT2D eigenvalue weighted by Crippen LogP contribution is -2.52. The van der Waals surface area contributed by atoms with Crippen LogP contribution >= 0.6 is 0 Å². The van der Waals surface area contributed by atoms with E-state index in [9.17, 15) is 4.79 Å². The van der Waals surface area contributed by atoms with Crippen LogP contribution in [0.2, 0.25) is 0 Å². The number of rotatable bonds is 2. The monoisotopic (exact) mass is 295 g/mol. The van der Waals surface area contributed by atoms with Crippen LogP contribution in [0, 0.1) is 6.92 Å². The molecule has 1 aromatic carbocycles. The van der Waals surface area contributed by atoms with E-state index < -0.39 is 0 Å². The molecule has 2 heterocycles. The smallest absolute Gasteiger partial charge is 0.255 e. The molecule has 0 bridgehead atoms. The average molecular weight is 295 g/mol. The fraction of sp³-hybridized carbons (Fsp3) is 0.333. The second-order valence-electron chi connectivity index (χ2n) is 5.88. The zero-order chi connectivity index (χ0) is 15.5. The molecule has 3 rings (SSSR count). The number of pyridine rings is 1. The Kier molecular flexibility index (Phi) is 4.20. The SMILES string of the molecule is Cc1ccc(-c2cncc(C(=O)N3CCNCC3C)c2)cc1. The summed E-state index contributed by atoms with van der Waals surface area (Å²) in [5.41, 5.74) is 3.94. The van der Waals surface area contributed by atoms with Gasteiger partial charge in [0.15, 0.2) is 0 Å². The highest BCUT2D eigenvalue weighted by Crippen LogP contribution is 2.21. The van der Waals surface area contributed by atoms with Crippen LogP contribution in [-0.2, 0) is 0 Å². The van der Waals surface area contributed by atoms with Gasteiger partial charge in [0.25, 0.3) is 5.91 Å². The zero-order valence-electron chi connectivity index (χ0n) is 13.0. The molecule has 0 aliphatic carbocycles. The van der Waals surface area contributed by atoms with E-state index in [0.717, 1.165) is 30.8 Å². The molecule has 1 aliphatic rings. The van der Waals surface area contributed by atoms with Crippen molar-refractivity contribution in [3.05, 3.63) is 53.9 Å². The number of carbonyl (C=O) groups is 1. The Bertz CT molecular complexity index is 666. The van der Waals surface area contributed by atoms with Crippen LogP contribution in [0.1, 0.15) is 22.8 Å². The van der Waals surface area contributed by atoms with Crippen molar-refractivity contribution in [2.75, 3.05) is 19.6 Å². The van der Waals surface area contributed by atoms with Gasteiger partial charge < -0.3 is 10.2 Å². The quantitative estimate of drug-likeness (QED) is 0.926. The molecule has 1 unspecified atom stereocenters. The van der Waals surface area contributed by atoms with Crippen LogP contribution in [0.3, 0.4) is 0 Å². The Morgan fingerprint density at radius 3 is 2.73 bits per heavy atom. The molecule has 4 nitrogen and oxygen atoms in total. The molecule has 1 aliphatic heterocycles. The second-order valence-corrected chi connectivity index (χ2v) is 5.88. The molecule has 2 aromatic rings. The van der Waals surface area contributed by atoms with Gasteiger partial charge in [0.05, 0.1) is 5.56 Å². The van der Waals surface area contributed by atoms with Crippen molar-refractivity contribution in [3.8, 4) is 11.1 Å². The number of aromatic nitrogens is 1. The maximum Gasteiger partial charge on any atom is 0.255 e. The first-order valence-electron chi connectivity index (χ1n) is 7.69. The third-order valence-electron chi connectivity index (χ3n) is 4.13. The number of piperazine rings is 1. The van der Waals surface area contributed by atoms with Gasteiger partial charge in [-0.2, -0.15) is 0 Å². The minimum atomic E-state index is 0.0652. The lowest BCUT2D eigenvalue weighted by Gasteiger charge is -2.34. The van der Waals surface area contributed by atoms with E-state index in [-0.39, 0.29) is 11.9 Å². The van der Waals surface area contributed by atoms with Crippen molar-refractivity contribution in [2.24, 2.45) is 0 Å². The van der Waals surface area contributed by atoms with Crippen molar-refractivity contribution < 1.29 is 4.79 Å². The molecule has 0 spiro atoms. The molecule has 0 radical (unpaired) electrons. The molecule has 1 amide bonds. The van der Waals surface area contributed by atoms with Crippen molar-refractivity contribution in [2.45, 2.75) is 19.9 Å². The second kappa shape index (κ2) is 6.28. The highest BCUT2D eigenvalue weighted by Gasteiger charge is 2.24. The number of nitrogens with zero attached hydrogens (tertiary/aromatic N) is 2. The number of hydrogen-bond acceptors (Lipinski definition) is 3. The van der Waals surface area contributed by atoms with Gasteiger partial charge in [-0.1, -0.05) is 29.8 Å². The molecule has 1 aromatic heterocycles. The summed E-state index contributed by atoms with van der Waals surface area (Å²) < 4.78 is 0. The van der Waals surface area contributed by atoms with Gasteiger partial charge in [-0.3, -0.25) is 9.78 Å². The van der Waals surface area contributed by atoms with E-state index in [0.29, 0.717) is 5.56 Å². The van der Waals surface area contributed by atoms with E-state index in [1.165, 1.54) is 5.56 Å². The molecule has 1 N–H and O–H groups in total. The van der Waals surface area contributed by atoms with Gasteiger partial charge >= 0.3 is 0 Å². The fourth-order valence-corrected chi connectivity index (χ4v) is 2.77. The van der Waals surface area contributed by atoms with E-state index >= 15 is 0 Å². The van der Waals surface area contributed by atoms with E-state index in [1.54, 1.807) is 6.20 Å². The van der Waals surface area contributed by atoms with E-state index in [4.69, 9.17) is 0 Å². The Labute approximate surface area is 131 Å². The Hall–Kier alpha value is -2.20. The Morgan fingerprint density at radius 2 is 2.00 bits per heavy atom. The lowest BCUT2D eigenvalue weighted by atomic mass is 10.0. The normalized spacial score (nSPS) is 18.3. The third kappa shape index (κ3) is 3.02. The number of aryl methyl sites for hydroxylation is 1. The predicted octanol–water partition coefficient (Wildman–Crippen LogP) is 2.49. The third-order valence-corrected chi connectivity index (χ3v) is 4.13. The summed E-state index contributed by atoms with van der Waals surface area (Å²) in [6, 6.07) is 10.4. The first-order chi connectivity index (χ1) is 10.6. The molecule has 22 heavy (non-hydrogen) atoms. The highest BCUT2D eigenvalue weighted by molar-refractivity contribution is 5.95. The van der Waals surface area contributed by atoms with Gasteiger partial charge in [0.2, 0.25) is 0 Å². The first kappa shape index (κ1) is 14.7. The highest BCUT2D eigenvalue weighted by atomic mass is 16.2. The van der Waals surface area contributed by atoms with Crippen molar-refractivity contribution in [3.63, 3.8) is 0 Å². The standard InChI is InChI=1S/C18H21N3O/c1-13-3-5-15(6-4-13)16-9-17(12-20-11-16)18(22)21-8-7-19-10-14(21)2/h3-6,9,11-12,14,19H,7-8,10H2,1-2H3. The summed E-state index contributed by atoms with van der Waals surface area (Å²) in [5, 5.41) is 3.30. The molecule has 0 saturated carbocycles. The number of carbonyl (C=O) groups excluding carboxylic acids is 1. The Balaban J connectivity index is 1.87. The van der Waals surface area contributed by atoms with Crippen molar-refractivity contribution in [1.82, 2.24) is 15.2 Å². The van der Waals surface area contributed by atoms with Gasteiger partial charge in [0, 0.05) is 43.6 Å². The maximum absolute atomic E-state index is 12.7. The van der Waals surface area contributed by atoms with Gasteiger partial charge in [-0.15, -0.1) is 0 Å². The summed E-state index contributed by atoms with van der Waals surface area (Å²) >= 11 is 0. The molecule has 114 valence electrons. The van der Waals surface area contributed by atoms with Gasteiger partial charge in [-0.05, 0) is 25.5 Å². The zero-order valence-corrected chi connectivity index (χ0v) is 13.0. The largest absolute Gasteiger partial charge is 0.333 e. The molecular weight excluding hydrogens is 274 g/mol. The molecule has 1 fully saturated rings. The lowest BCUT2D eigenvalue weighted by molar-refractivity contribution is 0.0655. The average Bonchev–Trinajstić information content (AvgIpc) is 2.55. The maximum atomic E-state index is 12.7. The van der Waals surface area contributed by atoms with Gasteiger partial charge in [-0.25, -0.2) is 0 Å². The number of hydrogen-bond donors (Lipinski definition) is 1. The molecular formula is C18H21N3O. The van der Waals surface area contributed by atoms with Crippen LogP contribution in [0.5, 0.6) is 0 Å². The molecule has 4 heteroatoms. The van der Waals surface area contributed by atoms with Crippen LogP contribution < -0.4 is 5.32 Å². The van der Waals surface area contributed by atoms with E-state index in [2.05, 4.69) is 48.4 Å². The summed E-state index contributed by atoms with van der Waals surface area (Å²) in [4.78, 5) is 18.9. The summed E-state index contributed by atoms with van der Waals surface area (Å²) in [6.07, 6.45) is 3.47. The number of nitrogens with one attached hydrogen (secondary N) is 1. The van der Waals surface area contributed by atoms with Crippen LogP contribution in [-0.4, -0.2) is 41.5 Å². The summed E-state index contributed by atoms with van der Waals surface area (Å²) in [7, 11) is 0. The Morgan fingerprint density at radius 1 is 1.23 bits per heavy atom. The van der Waals surface area contributed by atoms with E-state index in [1.807, 2.05) is 17.2 Å². The van der Waals surface area contributed by atoms with Crippen LogP contribution in [0.4, 0.5) is 0 Å². The minimum absolute atomic E-state index is 0.0652. The fourth-order valence-electron chi connectivity index (χ4n) is 2.77. The number of amides is 1. The van der Waals surface area contributed by atoms with Crippen molar-refractivity contribution in [1.29, 1.82) is 0 Å². The summed E-state index contributed by atoms with van der Waals surface area (Å²) in [5.74, 6) is 0.0652. The predicted molar refractivity (Wildman–Crippen MR) is 87.8 cm³/mol. The van der Waals surface area contributed by atoms with Gasteiger partial charge in [0.1, 0.15) is 0 Å². The van der Waals surface area contributed by atoms with Crippen LogP contribution in [0.15, 0.2) is 42.7 Å². The topological polar surface area (TPSA) is 45.2 Å². The summed E-state index contributed by atoms with van der Waals surface area (Å²) in [6.45, 7) is 6.57. The molecule has 1 saturated heterocycles. The van der Waals surface area contributed by atoms with Crippen LogP contribution in [0.25, 0.3) is 11.1 Å². The first-order valence-corrected chi connectivity index (χ1v) is 7.69. The van der Waals surface area contributed by atoms with Crippen molar-refractivity contribution >= 4 is 5.91 Å². The molecule has 1 atom stereocenters.